The van der Waals surface area contributed by atoms with Gasteiger partial charge in [0.15, 0.2) is 0 Å². The average molecular weight is 244 g/mol. The summed E-state index contributed by atoms with van der Waals surface area (Å²) in [5.74, 6) is -0.444. The number of benzene rings is 1. The second kappa shape index (κ2) is 4.13. The summed E-state index contributed by atoms with van der Waals surface area (Å²) < 4.78 is 13.8. The van der Waals surface area contributed by atoms with Crippen LogP contribution < -0.4 is 4.90 Å². The third-order valence-electron chi connectivity index (χ3n) is 3.50. The zero-order valence-corrected chi connectivity index (χ0v) is 11.2. The third-order valence-corrected chi connectivity index (χ3v) is 3.50. The van der Waals surface area contributed by atoms with Crippen LogP contribution in [0.1, 0.15) is 38.8 Å². The van der Waals surface area contributed by atoms with Gasteiger partial charge in [0.2, 0.25) is 0 Å². The fraction of sp³-hybridized carbons (Fsp3) is 0.400. The van der Waals surface area contributed by atoms with Gasteiger partial charge in [-0.3, -0.25) is 0 Å². The molecular weight excluding hydrogens is 227 g/mol. The van der Waals surface area contributed by atoms with E-state index < -0.39 is 5.82 Å². The highest BCUT2D eigenvalue weighted by Gasteiger charge is 2.30. The van der Waals surface area contributed by atoms with Crippen LogP contribution in [0.2, 0.25) is 0 Å². The van der Waals surface area contributed by atoms with Gasteiger partial charge in [-0.15, -0.1) is 0 Å². The van der Waals surface area contributed by atoms with Crippen LogP contribution in [0.4, 0.5) is 10.1 Å². The number of hydrogen-bond donors (Lipinski definition) is 0. The third kappa shape index (κ3) is 1.78. The minimum atomic E-state index is -0.444. The van der Waals surface area contributed by atoms with Gasteiger partial charge >= 0.3 is 0 Å². The summed E-state index contributed by atoms with van der Waals surface area (Å²) in [6.45, 7) is 9.08. The van der Waals surface area contributed by atoms with E-state index in [-0.39, 0.29) is 11.1 Å². The molecule has 0 atom stereocenters. The van der Waals surface area contributed by atoms with Crippen molar-refractivity contribution >= 4 is 11.3 Å². The van der Waals surface area contributed by atoms with Crippen LogP contribution in [-0.2, 0) is 0 Å². The molecule has 0 saturated heterocycles. The molecule has 1 aromatic rings. The van der Waals surface area contributed by atoms with E-state index in [1.807, 2.05) is 13.0 Å². The summed E-state index contributed by atoms with van der Waals surface area (Å²) in [5.41, 5.74) is 2.90. The highest BCUT2D eigenvalue weighted by molar-refractivity contribution is 5.82. The highest BCUT2D eigenvalue weighted by Crippen LogP contribution is 2.39. The molecule has 94 valence electrons. The Balaban J connectivity index is 2.71. The van der Waals surface area contributed by atoms with Crippen LogP contribution in [-0.4, -0.2) is 12.1 Å². The van der Waals surface area contributed by atoms with Crippen molar-refractivity contribution in [2.24, 2.45) is 0 Å². The fourth-order valence-electron chi connectivity index (χ4n) is 2.76. The maximum absolute atomic E-state index is 13.8. The molecule has 0 aliphatic carbocycles. The van der Waals surface area contributed by atoms with Crippen molar-refractivity contribution in [3.8, 4) is 6.07 Å². The first-order valence-electron chi connectivity index (χ1n) is 6.12. The number of halogens is 1. The predicted octanol–water partition coefficient (Wildman–Crippen LogP) is 3.72. The molecule has 0 aromatic heterocycles. The molecule has 0 fully saturated rings. The van der Waals surface area contributed by atoms with Crippen molar-refractivity contribution in [2.45, 2.75) is 33.2 Å². The Kier molecular flexibility index (Phi) is 2.90. The van der Waals surface area contributed by atoms with Crippen LogP contribution in [0.3, 0.4) is 0 Å². The molecule has 1 aliphatic heterocycles. The second-order valence-electron chi connectivity index (χ2n) is 5.19. The summed E-state index contributed by atoms with van der Waals surface area (Å²) in [6.07, 6.45) is 2.16. The molecule has 1 heterocycles. The normalized spacial score (nSPS) is 16.9. The van der Waals surface area contributed by atoms with E-state index in [4.69, 9.17) is 5.26 Å². The summed E-state index contributed by atoms with van der Waals surface area (Å²) in [4.78, 5) is 2.15. The van der Waals surface area contributed by atoms with Crippen molar-refractivity contribution in [1.29, 1.82) is 5.26 Å². The second-order valence-corrected chi connectivity index (χ2v) is 5.19. The molecule has 2 nitrogen and oxygen atoms in total. The number of nitrogens with zero attached hydrogens (tertiary/aromatic N) is 2. The Bertz CT molecular complexity index is 565. The Morgan fingerprint density at radius 3 is 2.61 bits per heavy atom. The van der Waals surface area contributed by atoms with E-state index >= 15 is 0 Å². The highest BCUT2D eigenvalue weighted by atomic mass is 19.1. The van der Waals surface area contributed by atoms with Crippen LogP contribution in [0.15, 0.2) is 18.2 Å². The summed E-state index contributed by atoms with van der Waals surface area (Å²) in [5, 5.41) is 8.91. The number of anilines is 1. The minimum absolute atomic E-state index is 0.109. The van der Waals surface area contributed by atoms with Crippen molar-refractivity contribution in [3.05, 3.63) is 35.2 Å². The summed E-state index contributed by atoms with van der Waals surface area (Å²) >= 11 is 0. The molecule has 0 spiro atoms. The van der Waals surface area contributed by atoms with Crippen molar-refractivity contribution in [2.75, 3.05) is 11.4 Å². The number of rotatable bonds is 1. The van der Waals surface area contributed by atoms with Gasteiger partial charge in [0.05, 0.1) is 11.1 Å². The lowest BCUT2D eigenvalue weighted by Crippen LogP contribution is -2.45. The van der Waals surface area contributed by atoms with E-state index in [0.29, 0.717) is 0 Å². The lowest BCUT2D eigenvalue weighted by Gasteiger charge is -2.42. The molecule has 3 heteroatoms. The maximum Gasteiger partial charge on any atom is 0.143 e. The number of hydrogen-bond acceptors (Lipinski definition) is 2. The van der Waals surface area contributed by atoms with E-state index in [2.05, 4.69) is 31.7 Å². The quantitative estimate of drug-likeness (QED) is 0.752. The number of allylic oxidation sites excluding steroid dienone is 1. The zero-order chi connectivity index (χ0) is 13.5. The SMILES string of the molecule is CCN1c2cc(F)c(C#N)cc2C(C)=CC1(C)C. The standard InChI is InChI=1S/C15H17FN2/c1-5-18-14-7-13(16)11(9-17)6-12(14)10(2)8-15(18,3)4/h6-8H,5H2,1-4H3. The first-order chi connectivity index (χ1) is 8.40. The molecule has 1 aromatic carbocycles. The Labute approximate surface area is 107 Å². The number of likely N-dealkylation sites (N-methyl/N-ethyl adjacent to an activating group) is 1. The molecule has 0 amide bonds. The van der Waals surface area contributed by atoms with Crippen LogP contribution in [0.25, 0.3) is 5.57 Å². The molecule has 0 N–H and O–H groups in total. The molecule has 18 heavy (non-hydrogen) atoms. The average Bonchev–Trinajstić information content (AvgIpc) is 2.27. The van der Waals surface area contributed by atoms with E-state index in [1.54, 1.807) is 6.07 Å². The van der Waals surface area contributed by atoms with Crippen LogP contribution >= 0.6 is 0 Å². The van der Waals surface area contributed by atoms with Gasteiger partial charge in [-0.2, -0.15) is 5.26 Å². The Hall–Kier alpha value is -1.82. The monoisotopic (exact) mass is 244 g/mol. The molecule has 0 bridgehead atoms. The van der Waals surface area contributed by atoms with E-state index in [0.717, 1.165) is 23.4 Å². The largest absolute Gasteiger partial charge is 0.363 e. The van der Waals surface area contributed by atoms with Crippen molar-refractivity contribution in [1.82, 2.24) is 0 Å². The van der Waals surface area contributed by atoms with Crippen molar-refractivity contribution in [3.63, 3.8) is 0 Å². The van der Waals surface area contributed by atoms with Gasteiger partial charge in [-0.25, -0.2) is 4.39 Å². The van der Waals surface area contributed by atoms with Crippen molar-refractivity contribution < 1.29 is 4.39 Å². The first-order valence-corrected chi connectivity index (χ1v) is 6.12. The fourth-order valence-corrected chi connectivity index (χ4v) is 2.76. The van der Waals surface area contributed by atoms with Gasteiger partial charge in [-0.05, 0) is 45.4 Å². The molecule has 0 unspecified atom stereocenters. The van der Waals surface area contributed by atoms with Gasteiger partial charge in [0.25, 0.3) is 0 Å². The molecular formula is C15H17FN2. The van der Waals surface area contributed by atoms with Gasteiger partial charge < -0.3 is 4.90 Å². The minimum Gasteiger partial charge on any atom is -0.363 e. The Morgan fingerprint density at radius 2 is 2.06 bits per heavy atom. The topological polar surface area (TPSA) is 27.0 Å². The Morgan fingerprint density at radius 1 is 1.39 bits per heavy atom. The van der Waals surface area contributed by atoms with Gasteiger partial charge in [0, 0.05) is 17.8 Å². The van der Waals surface area contributed by atoms with E-state index in [9.17, 15) is 4.39 Å². The van der Waals surface area contributed by atoms with Crippen LogP contribution in [0, 0.1) is 17.1 Å². The summed E-state index contributed by atoms with van der Waals surface area (Å²) in [7, 11) is 0. The molecule has 1 aliphatic rings. The van der Waals surface area contributed by atoms with E-state index in [1.165, 1.54) is 6.07 Å². The summed E-state index contributed by atoms with van der Waals surface area (Å²) in [6, 6.07) is 5.03. The lowest BCUT2D eigenvalue weighted by atomic mass is 9.88. The predicted molar refractivity (Wildman–Crippen MR) is 71.9 cm³/mol. The first kappa shape index (κ1) is 12.6. The lowest BCUT2D eigenvalue weighted by molar-refractivity contribution is 0.561. The molecule has 2 rings (SSSR count). The van der Waals surface area contributed by atoms with Gasteiger partial charge in [0.1, 0.15) is 11.9 Å². The smallest absolute Gasteiger partial charge is 0.143 e. The number of fused-ring (bicyclic) bond motifs is 1. The zero-order valence-electron chi connectivity index (χ0n) is 11.2. The number of nitriles is 1. The molecule has 0 radical (unpaired) electrons. The maximum atomic E-state index is 13.8. The molecule has 0 saturated carbocycles. The van der Waals surface area contributed by atoms with Gasteiger partial charge in [-0.1, -0.05) is 6.08 Å². The van der Waals surface area contributed by atoms with Crippen LogP contribution in [0.5, 0.6) is 0 Å².